The smallest absolute Gasteiger partial charge is 0.262 e. The summed E-state index contributed by atoms with van der Waals surface area (Å²) in [5.74, 6) is -0.580. The van der Waals surface area contributed by atoms with Gasteiger partial charge in [-0.3, -0.25) is 9.52 Å². The largest absolute Gasteiger partial charge is 0.491 e. The average Bonchev–Trinajstić information content (AvgIpc) is 2.58. The average molecular weight is 396 g/mol. The quantitative estimate of drug-likeness (QED) is 0.669. The van der Waals surface area contributed by atoms with Crippen molar-refractivity contribution in [2.45, 2.75) is 18.7 Å². The first kappa shape index (κ1) is 20.7. The minimum atomic E-state index is -4.03. The van der Waals surface area contributed by atoms with Crippen LogP contribution >= 0.6 is 0 Å². The van der Waals surface area contributed by atoms with Crippen molar-refractivity contribution in [3.63, 3.8) is 0 Å². The number of amides is 1. The lowest BCUT2D eigenvalue weighted by molar-refractivity contribution is -0.114. The summed E-state index contributed by atoms with van der Waals surface area (Å²) in [7, 11) is -2.48. The number of carbonyl (C=O) groups is 1. The number of anilines is 2. The number of ether oxygens (including phenoxy) is 2. The number of sulfonamides is 1. The Bertz CT molecular complexity index is 931. The molecule has 0 aromatic heterocycles. The highest BCUT2D eigenvalue weighted by molar-refractivity contribution is 7.92. The Morgan fingerprint density at radius 2 is 1.89 bits per heavy atom. The van der Waals surface area contributed by atoms with E-state index in [0.717, 1.165) is 6.07 Å². The second kappa shape index (κ2) is 8.83. The van der Waals surface area contributed by atoms with Gasteiger partial charge in [0, 0.05) is 19.7 Å². The zero-order valence-corrected chi connectivity index (χ0v) is 16.0. The summed E-state index contributed by atoms with van der Waals surface area (Å²) in [5, 5.41) is 2.47. The highest BCUT2D eigenvalue weighted by Gasteiger charge is 2.18. The maximum atomic E-state index is 14.0. The standard InChI is InChI=1S/C18H21FN2O5S/c1-12-10-15(5-7-18(12)26-9-8-25-3)27(23,24)21-17-11-14(20-13(2)22)4-6-16(17)19/h4-7,10-11,21H,8-9H2,1-3H3,(H,20,22). The van der Waals surface area contributed by atoms with Gasteiger partial charge in [0.15, 0.2) is 0 Å². The van der Waals surface area contributed by atoms with Gasteiger partial charge in [-0.15, -0.1) is 0 Å². The van der Waals surface area contributed by atoms with E-state index in [4.69, 9.17) is 9.47 Å². The molecule has 0 saturated carbocycles. The fraction of sp³-hybridized carbons (Fsp3) is 0.278. The lowest BCUT2D eigenvalue weighted by Crippen LogP contribution is -2.15. The van der Waals surface area contributed by atoms with Crippen LogP contribution in [-0.2, 0) is 19.6 Å². The number of hydrogen-bond acceptors (Lipinski definition) is 5. The van der Waals surface area contributed by atoms with E-state index in [-0.39, 0.29) is 22.2 Å². The van der Waals surface area contributed by atoms with Gasteiger partial charge in [-0.05, 0) is 48.9 Å². The second-order valence-electron chi connectivity index (χ2n) is 5.75. The van der Waals surface area contributed by atoms with Crippen LogP contribution in [0.5, 0.6) is 5.75 Å². The van der Waals surface area contributed by atoms with E-state index >= 15 is 0 Å². The first-order chi connectivity index (χ1) is 12.7. The number of methoxy groups -OCH3 is 1. The van der Waals surface area contributed by atoms with E-state index < -0.39 is 15.8 Å². The highest BCUT2D eigenvalue weighted by atomic mass is 32.2. The summed E-state index contributed by atoms with van der Waals surface area (Å²) in [6.45, 7) is 3.75. The van der Waals surface area contributed by atoms with Gasteiger partial charge < -0.3 is 14.8 Å². The first-order valence-corrected chi connectivity index (χ1v) is 9.53. The lowest BCUT2D eigenvalue weighted by atomic mass is 10.2. The predicted molar refractivity (Wildman–Crippen MR) is 100 cm³/mol. The minimum absolute atomic E-state index is 0.0385. The molecule has 0 saturated heterocycles. The minimum Gasteiger partial charge on any atom is -0.491 e. The summed E-state index contributed by atoms with van der Waals surface area (Å²) in [6.07, 6.45) is 0. The lowest BCUT2D eigenvalue weighted by Gasteiger charge is -2.13. The molecule has 0 aliphatic heterocycles. The molecule has 1 amide bonds. The van der Waals surface area contributed by atoms with Gasteiger partial charge in [0.2, 0.25) is 5.91 Å². The van der Waals surface area contributed by atoms with Crippen LogP contribution < -0.4 is 14.8 Å². The summed E-state index contributed by atoms with van der Waals surface area (Å²) in [4.78, 5) is 11.1. The number of rotatable bonds is 8. The van der Waals surface area contributed by atoms with Gasteiger partial charge in [-0.25, -0.2) is 12.8 Å². The predicted octanol–water partition coefficient (Wildman–Crippen LogP) is 2.92. The molecule has 0 fully saturated rings. The number of nitrogens with one attached hydrogen (secondary N) is 2. The number of hydrogen-bond donors (Lipinski definition) is 2. The van der Waals surface area contributed by atoms with Gasteiger partial charge in [0.25, 0.3) is 10.0 Å². The van der Waals surface area contributed by atoms with Crippen LogP contribution in [0.25, 0.3) is 0 Å². The normalized spacial score (nSPS) is 11.1. The van der Waals surface area contributed by atoms with Gasteiger partial charge in [0.1, 0.15) is 18.2 Å². The van der Waals surface area contributed by atoms with Crippen molar-refractivity contribution in [3.05, 3.63) is 47.8 Å². The first-order valence-electron chi connectivity index (χ1n) is 8.05. The molecular formula is C18H21FN2O5S. The molecule has 2 aromatic carbocycles. The summed E-state index contributed by atoms with van der Waals surface area (Å²) in [5.41, 5.74) is 0.625. The molecule has 2 rings (SSSR count). The molecule has 0 unspecified atom stereocenters. The molecule has 0 bridgehead atoms. The number of aryl methyl sites for hydroxylation is 1. The molecule has 146 valence electrons. The third-order valence-corrected chi connectivity index (χ3v) is 4.90. The van der Waals surface area contributed by atoms with Crippen LogP contribution in [0.1, 0.15) is 12.5 Å². The Labute approximate surface area is 157 Å². The molecule has 0 radical (unpaired) electrons. The fourth-order valence-electron chi connectivity index (χ4n) is 2.27. The third-order valence-electron chi connectivity index (χ3n) is 3.53. The molecule has 9 heteroatoms. The molecule has 2 aromatic rings. The van der Waals surface area contributed by atoms with E-state index in [2.05, 4.69) is 10.0 Å². The Morgan fingerprint density at radius 3 is 2.52 bits per heavy atom. The summed E-state index contributed by atoms with van der Waals surface area (Å²) in [6, 6.07) is 7.95. The van der Waals surface area contributed by atoms with Crippen molar-refractivity contribution >= 4 is 27.3 Å². The van der Waals surface area contributed by atoms with Crippen LogP contribution in [0, 0.1) is 12.7 Å². The van der Waals surface area contributed by atoms with Crippen LogP contribution in [0.2, 0.25) is 0 Å². The molecule has 0 atom stereocenters. The third kappa shape index (κ3) is 5.66. The topological polar surface area (TPSA) is 93.7 Å². The van der Waals surface area contributed by atoms with E-state index in [1.807, 2.05) is 0 Å². The molecule has 0 aliphatic carbocycles. The molecule has 27 heavy (non-hydrogen) atoms. The zero-order valence-electron chi connectivity index (χ0n) is 15.2. The molecule has 0 spiro atoms. The Kier molecular flexibility index (Phi) is 6.75. The number of halogens is 1. The maximum Gasteiger partial charge on any atom is 0.262 e. The molecule has 2 N–H and O–H groups in total. The highest BCUT2D eigenvalue weighted by Crippen LogP contribution is 2.26. The number of carbonyl (C=O) groups excluding carboxylic acids is 1. The van der Waals surface area contributed by atoms with E-state index in [1.165, 1.54) is 37.3 Å². The summed E-state index contributed by atoms with van der Waals surface area (Å²) < 4.78 is 51.8. The molecule has 0 heterocycles. The van der Waals surface area contributed by atoms with Crippen LogP contribution in [-0.4, -0.2) is 34.6 Å². The Balaban J connectivity index is 2.24. The van der Waals surface area contributed by atoms with Crippen molar-refractivity contribution in [1.29, 1.82) is 0 Å². The van der Waals surface area contributed by atoms with Crippen LogP contribution in [0.3, 0.4) is 0 Å². The number of benzene rings is 2. The van der Waals surface area contributed by atoms with Crippen LogP contribution in [0.15, 0.2) is 41.3 Å². The van der Waals surface area contributed by atoms with Gasteiger partial charge in [-0.2, -0.15) is 0 Å². The second-order valence-corrected chi connectivity index (χ2v) is 7.43. The SMILES string of the molecule is COCCOc1ccc(S(=O)(=O)Nc2cc(NC(C)=O)ccc2F)cc1C. The van der Waals surface area contributed by atoms with Gasteiger partial charge >= 0.3 is 0 Å². The van der Waals surface area contributed by atoms with E-state index in [0.29, 0.717) is 24.5 Å². The van der Waals surface area contributed by atoms with Crippen LogP contribution in [0.4, 0.5) is 15.8 Å². The fourth-order valence-corrected chi connectivity index (χ4v) is 3.42. The van der Waals surface area contributed by atoms with Crippen molar-refractivity contribution in [2.75, 3.05) is 30.4 Å². The van der Waals surface area contributed by atoms with E-state index in [9.17, 15) is 17.6 Å². The molecule has 0 aliphatic rings. The van der Waals surface area contributed by atoms with Gasteiger partial charge in [0.05, 0.1) is 17.2 Å². The molecule has 7 nitrogen and oxygen atoms in total. The van der Waals surface area contributed by atoms with Crippen molar-refractivity contribution in [1.82, 2.24) is 0 Å². The Morgan fingerprint density at radius 1 is 1.15 bits per heavy atom. The van der Waals surface area contributed by atoms with Crippen molar-refractivity contribution < 1.29 is 27.1 Å². The zero-order chi connectivity index (χ0) is 20.0. The monoisotopic (exact) mass is 396 g/mol. The van der Waals surface area contributed by atoms with Crippen molar-refractivity contribution in [3.8, 4) is 5.75 Å². The summed E-state index contributed by atoms with van der Waals surface area (Å²) >= 11 is 0. The van der Waals surface area contributed by atoms with Crippen molar-refractivity contribution in [2.24, 2.45) is 0 Å². The molecular weight excluding hydrogens is 375 g/mol. The van der Waals surface area contributed by atoms with E-state index in [1.54, 1.807) is 14.0 Å². The Hall–Kier alpha value is -2.65. The van der Waals surface area contributed by atoms with Gasteiger partial charge in [-0.1, -0.05) is 0 Å². The maximum absolute atomic E-state index is 14.0.